The predicted molar refractivity (Wildman–Crippen MR) is 125 cm³/mol. The van der Waals surface area contributed by atoms with Crippen LogP contribution < -0.4 is 20.1 Å². The van der Waals surface area contributed by atoms with Crippen molar-refractivity contribution in [2.24, 2.45) is 0 Å². The molecule has 3 aromatic carbocycles. The molecular formula is C24H19N3O4S. The average molecular weight is 446 g/mol. The molecule has 32 heavy (non-hydrogen) atoms. The smallest absolute Gasteiger partial charge is 0.257 e. The van der Waals surface area contributed by atoms with Crippen molar-refractivity contribution in [3.8, 4) is 23.0 Å². The average Bonchev–Trinajstić information content (AvgIpc) is 3.24. The number of amides is 1. The maximum absolute atomic E-state index is 12.6. The van der Waals surface area contributed by atoms with E-state index in [1.807, 2.05) is 49.4 Å². The van der Waals surface area contributed by atoms with Gasteiger partial charge in [-0.3, -0.25) is 10.1 Å². The number of para-hydroxylation sites is 2. The van der Waals surface area contributed by atoms with Crippen LogP contribution in [-0.2, 0) is 0 Å². The number of fused-ring (bicyclic) bond motifs is 2. The molecular weight excluding hydrogens is 426 g/mol. The maximum atomic E-state index is 12.6. The number of benzene rings is 3. The van der Waals surface area contributed by atoms with E-state index >= 15 is 0 Å². The van der Waals surface area contributed by atoms with Crippen molar-refractivity contribution in [3.63, 3.8) is 0 Å². The van der Waals surface area contributed by atoms with Crippen LogP contribution in [0, 0.1) is 6.92 Å². The van der Waals surface area contributed by atoms with Crippen LogP contribution in [0.2, 0.25) is 0 Å². The molecule has 0 atom stereocenters. The van der Waals surface area contributed by atoms with Crippen molar-refractivity contribution >= 4 is 40.0 Å². The number of carbonyl (C=O) groups is 1. The summed E-state index contributed by atoms with van der Waals surface area (Å²) in [7, 11) is 0. The van der Waals surface area contributed by atoms with Crippen LogP contribution in [-0.4, -0.2) is 29.2 Å². The first-order valence-electron chi connectivity index (χ1n) is 10.1. The molecule has 0 aliphatic carbocycles. The largest absolute Gasteiger partial charge is 0.486 e. The molecule has 1 aromatic heterocycles. The highest BCUT2D eigenvalue weighted by Crippen LogP contribution is 2.31. The third-order valence-electron chi connectivity index (χ3n) is 5.14. The highest BCUT2D eigenvalue weighted by Gasteiger charge is 2.17. The second-order valence-corrected chi connectivity index (χ2v) is 7.64. The molecule has 0 spiro atoms. The summed E-state index contributed by atoms with van der Waals surface area (Å²) in [5, 5.41) is 5.98. The standard InChI is InChI=1S/C24H19N3O4S/c1-14-16(23-25-18-6-2-3-8-19(18)31-23)5-4-7-17(14)26-24(32)27-22(28)15-9-10-20-21(13-15)30-12-11-29-20/h2-10,13H,11-12H2,1H3,(H2,26,27,28,32). The number of nitrogens with zero attached hydrogens (tertiary/aromatic N) is 1. The third kappa shape index (κ3) is 3.88. The highest BCUT2D eigenvalue weighted by molar-refractivity contribution is 7.80. The second kappa shape index (κ2) is 8.32. The summed E-state index contributed by atoms with van der Waals surface area (Å²) in [5.74, 6) is 1.36. The first-order valence-corrected chi connectivity index (χ1v) is 10.5. The van der Waals surface area contributed by atoms with Gasteiger partial charge in [-0.2, -0.15) is 0 Å². The van der Waals surface area contributed by atoms with E-state index in [1.54, 1.807) is 18.2 Å². The lowest BCUT2D eigenvalue weighted by molar-refractivity contribution is 0.0976. The molecule has 7 nitrogen and oxygen atoms in total. The zero-order valence-corrected chi connectivity index (χ0v) is 18.0. The van der Waals surface area contributed by atoms with E-state index in [2.05, 4.69) is 15.6 Å². The van der Waals surface area contributed by atoms with E-state index in [0.29, 0.717) is 36.2 Å². The maximum Gasteiger partial charge on any atom is 0.257 e. The van der Waals surface area contributed by atoms with Crippen molar-refractivity contribution in [2.45, 2.75) is 6.92 Å². The number of nitrogens with one attached hydrogen (secondary N) is 2. The van der Waals surface area contributed by atoms with Crippen LogP contribution in [0.25, 0.3) is 22.6 Å². The molecule has 1 amide bonds. The molecule has 0 saturated heterocycles. The van der Waals surface area contributed by atoms with Gasteiger partial charge in [0.05, 0.1) is 0 Å². The van der Waals surface area contributed by atoms with Crippen LogP contribution in [0.3, 0.4) is 0 Å². The van der Waals surface area contributed by atoms with Crippen LogP contribution in [0.5, 0.6) is 11.5 Å². The Balaban J connectivity index is 1.32. The van der Waals surface area contributed by atoms with Gasteiger partial charge >= 0.3 is 0 Å². The molecule has 4 aromatic rings. The Morgan fingerprint density at radius 2 is 1.81 bits per heavy atom. The monoisotopic (exact) mass is 445 g/mol. The molecule has 2 heterocycles. The summed E-state index contributed by atoms with van der Waals surface area (Å²) in [6, 6.07) is 18.3. The minimum Gasteiger partial charge on any atom is -0.486 e. The number of oxazole rings is 1. The third-order valence-corrected chi connectivity index (χ3v) is 5.34. The van der Waals surface area contributed by atoms with Crippen LogP contribution in [0.15, 0.2) is 65.1 Å². The molecule has 1 aliphatic rings. The number of rotatable bonds is 3. The van der Waals surface area contributed by atoms with Gasteiger partial charge in [-0.15, -0.1) is 0 Å². The van der Waals surface area contributed by atoms with Crippen molar-refractivity contribution in [1.82, 2.24) is 10.3 Å². The highest BCUT2D eigenvalue weighted by atomic mass is 32.1. The summed E-state index contributed by atoms with van der Waals surface area (Å²) >= 11 is 5.37. The van der Waals surface area contributed by atoms with Crippen molar-refractivity contribution in [2.75, 3.05) is 18.5 Å². The number of carbonyl (C=O) groups excluding carboxylic acids is 1. The van der Waals surface area contributed by atoms with E-state index in [9.17, 15) is 4.79 Å². The molecule has 1 aliphatic heterocycles. The second-order valence-electron chi connectivity index (χ2n) is 7.23. The van der Waals surface area contributed by atoms with Gasteiger partial charge < -0.3 is 19.2 Å². The number of ether oxygens (including phenoxy) is 2. The molecule has 5 rings (SSSR count). The minimum atomic E-state index is -0.341. The Bertz CT molecular complexity index is 1320. The van der Waals surface area contributed by atoms with Gasteiger partial charge in [0.1, 0.15) is 18.7 Å². The Hall–Kier alpha value is -3.91. The fourth-order valence-electron chi connectivity index (χ4n) is 3.50. The number of hydrogen-bond donors (Lipinski definition) is 2. The van der Waals surface area contributed by atoms with Gasteiger partial charge in [0.25, 0.3) is 5.91 Å². The number of hydrogen-bond acceptors (Lipinski definition) is 6. The Morgan fingerprint density at radius 3 is 2.66 bits per heavy atom. The van der Waals surface area contributed by atoms with Gasteiger partial charge in [-0.1, -0.05) is 18.2 Å². The first-order chi connectivity index (χ1) is 15.6. The lowest BCUT2D eigenvalue weighted by Crippen LogP contribution is -2.34. The fraction of sp³-hybridized carbons (Fsp3) is 0.125. The molecule has 8 heteroatoms. The Labute approximate surface area is 189 Å². The van der Waals surface area contributed by atoms with E-state index in [4.69, 9.17) is 26.1 Å². The molecule has 2 N–H and O–H groups in total. The number of thiocarbonyl (C=S) groups is 1. The first kappa shape index (κ1) is 20.0. The van der Waals surface area contributed by atoms with Crippen molar-refractivity contribution < 1.29 is 18.7 Å². The minimum absolute atomic E-state index is 0.183. The van der Waals surface area contributed by atoms with Crippen molar-refractivity contribution in [1.29, 1.82) is 0 Å². The van der Waals surface area contributed by atoms with E-state index in [-0.39, 0.29) is 11.0 Å². The summed E-state index contributed by atoms with van der Waals surface area (Å²) < 4.78 is 16.9. The van der Waals surface area contributed by atoms with Crippen LogP contribution >= 0.6 is 12.2 Å². The lowest BCUT2D eigenvalue weighted by Gasteiger charge is -2.19. The molecule has 0 bridgehead atoms. The van der Waals surface area contributed by atoms with Gasteiger partial charge in [0, 0.05) is 16.8 Å². The fourth-order valence-corrected chi connectivity index (χ4v) is 3.71. The summed E-state index contributed by atoms with van der Waals surface area (Å²) in [4.78, 5) is 17.2. The lowest BCUT2D eigenvalue weighted by atomic mass is 10.1. The zero-order valence-electron chi connectivity index (χ0n) is 17.2. The molecule has 0 unspecified atom stereocenters. The molecule has 0 fully saturated rings. The predicted octanol–water partition coefficient (Wildman–Crippen LogP) is 4.70. The summed E-state index contributed by atoms with van der Waals surface area (Å²) in [6.45, 7) is 2.89. The zero-order chi connectivity index (χ0) is 22.1. The van der Waals surface area contributed by atoms with E-state index in [1.165, 1.54) is 0 Å². The molecule has 160 valence electrons. The Morgan fingerprint density at radius 1 is 1.00 bits per heavy atom. The van der Waals surface area contributed by atoms with Crippen LogP contribution in [0.4, 0.5) is 5.69 Å². The molecule has 0 radical (unpaired) electrons. The van der Waals surface area contributed by atoms with Gasteiger partial charge in [-0.05, 0) is 67.2 Å². The SMILES string of the molecule is Cc1c(NC(=S)NC(=O)c2ccc3c(c2)OCCO3)cccc1-c1nc2ccccc2o1. The summed E-state index contributed by atoms with van der Waals surface area (Å²) in [5.41, 5.74) is 4.43. The van der Waals surface area contributed by atoms with Gasteiger partial charge in [-0.25, -0.2) is 4.98 Å². The van der Waals surface area contributed by atoms with E-state index < -0.39 is 0 Å². The van der Waals surface area contributed by atoms with Gasteiger partial charge in [0.15, 0.2) is 22.2 Å². The molecule has 0 saturated carbocycles. The van der Waals surface area contributed by atoms with Crippen molar-refractivity contribution in [3.05, 3.63) is 71.8 Å². The Kier molecular flexibility index (Phi) is 5.20. The number of anilines is 1. The van der Waals surface area contributed by atoms with Gasteiger partial charge in [0.2, 0.25) is 5.89 Å². The van der Waals surface area contributed by atoms with Crippen LogP contribution in [0.1, 0.15) is 15.9 Å². The quantitative estimate of drug-likeness (QED) is 0.442. The normalized spacial score (nSPS) is 12.4. The number of aromatic nitrogens is 1. The summed E-state index contributed by atoms with van der Waals surface area (Å²) in [6.07, 6.45) is 0. The topological polar surface area (TPSA) is 85.6 Å². The van der Waals surface area contributed by atoms with E-state index in [0.717, 1.165) is 27.9 Å².